The topological polar surface area (TPSA) is 63.3 Å². The Labute approximate surface area is 85.3 Å². The van der Waals surface area contributed by atoms with Gasteiger partial charge in [-0.2, -0.15) is 0 Å². The quantitative estimate of drug-likeness (QED) is 0.614. The van der Waals surface area contributed by atoms with Crippen LogP contribution in [0.25, 0.3) is 0 Å². The van der Waals surface area contributed by atoms with Gasteiger partial charge < -0.3 is 10.8 Å². The highest BCUT2D eigenvalue weighted by Crippen LogP contribution is 1.96. The fraction of sp³-hybridized carbons (Fsp3) is 0.545. The van der Waals surface area contributed by atoms with E-state index >= 15 is 0 Å². The van der Waals surface area contributed by atoms with E-state index in [1.54, 1.807) is 0 Å². The van der Waals surface area contributed by atoms with Crippen LogP contribution in [0.15, 0.2) is 24.3 Å². The normalized spacial score (nSPS) is 13.9. The van der Waals surface area contributed by atoms with E-state index in [9.17, 15) is 4.79 Å². The van der Waals surface area contributed by atoms with Crippen molar-refractivity contribution in [2.45, 2.75) is 38.6 Å². The van der Waals surface area contributed by atoms with Crippen LogP contribution >= 0.6 is 0 Å². The van der Waals surface area contributed by atoms with E-state index in [0.717, 1.165) is 12.8 Å². The van der Waals surface area contributed by atoms with Crippen molar-refractivity contribution in [3.05, 3.63) is 24.3 Å². The molecular formula is C11H19NO2. The zero-order valence-electron chi connectivity index (χ0n) is 8.65. The number of allylic oxidation sites excluding steroid dienone is 3. The van der Waals surface area contributed by atoms with Gasteiger partial charge >= 0.3 is 5.97 Å². The van der Waals surface area contributed by atoms with Crippen molar-refractivity contribution < 1.29 is 9.90 Å². The van der Waals surface area contributed by atoms with E-state index in [1.807, 2.05) is 18.2 Å². The SMILES string of the molecule is CCC/C=C/C=C/C[C@@H](N)CC(=O)O. The lowest BCUT2D eigenvalue weighted by molar-refractivity contribution is -0.137. The highest BCUT2D eigenvalue weighted by Gasteiger charge is 2.04. The Morgan fingerprint density at radius 2 is 2.07 bits per heavy atom. The Hall–Kier alpha value is -1.09. The largest absolute Gasteiger partial charge is 0.481 e. The second-order valence-corrected chi connectivity index (χ2v) is 3.24. The summed E-state index contributed by atoms with van der Waals surface area (Å²) in [6.45, 7) is 2.12. The van der Waals surface area contributed by atoms with Crippen LogP contribution in [0.1, 0.15) is 32.6 Å². The molecule has 0 unspecified atom stereocenters. The Morgan fingerprint density at radius 3 is 2.64 bits per heavy atom. The van der Waals surface area contributed by atoms with Crippen LogP contribution in [-0.4, -0.2) is 17.1 Å². The first kappa shape index (κ1) is 12.9. The molecule has 0 aliphatic carbocycles. The van der Waals surface area contributed by atoms with Gasteiger partial charge in [-0.25, -0.2) is 0 Å². The molecule has 0 saturated carbocycles. The molecule has 0 aromatic heterocycles. The summed E-state index contributed by atoms with van der Waals surface area (Å²) < 4.78 is 0. The highest BCUT2D eigenvalue weighted by molar-refractivity contribution is 5.67. The van der Waals surface area contributed by atoms with E-state index < -0.39 is 5.97 Å². The van der Waals surface area contributed by atoms with Crippen molar-refractivity contribution in [2.24, 2.45) is 5.73 Å². The van der Waals surface area contributed by atoms with Crippen LogP contribution in [0.3, 0.4) is 0 Å². The van der Waals surface area contributed by atoms with E-state index in [4.69, 9.17) is 10.8 Å². The summed E-state index contributed by atoms with van der Waals surface area (Å²) >= 11 is 0. The van der Waals surface area contributed by atoms with Crippen LogP contribution in [0.4, 0.5) is 0 Å². The number of rotatable bonds is 7. The van der Waals surface area contributed by atoms with Gasteiger partial charge in [0.2, 0.25) is 0 Å². The first-order valence-electron chi connectivity index (χ1n) is 4.95. The van der Waals surface area contributed by atoms with Gasteiger partial charge in [0.15, 0.2) is 0 Å². The summed E-state index contributed by atoms with van der Waals surface area (Å²) in [5, 5.41) is 8.44. The maximum Gasteiger partial charge on any atom is 0.304 e. The number of unbranched alkanes of at least 4 members (excludes halogenated alkanes) is 1. The average molecular weight is 197 g/mol. The molecule has 0 radical (unpaired) electrons. The fourth-order valence-corrected chi connectivity index (χ4v) is 0.981. The lowest BCUT2D eigenvalue weighted by Gasteiger charge is -2.03. The molecule has 0 aromatic carbocycles. The molecule has 0 saturated heterocycles. The molecule has 3 N–H and O–H groups in total. The van der Waals surface area contributed by atoms with Crippen molar-refractivity contribution in [3.8, 4) is 0 Å². The molecule has 0 spiro atoms. The van der Waals surface area contributed by atoms with Crippen LogP contribution in [0, 0.1) is 0 Å². The monoisotopic (exact) mass is 197 g/mol. The number of carbonyl (C=O) groups is 1. The minimum Gasteiger partial charge on any atom is -0.481 e. The summed E-state index contributed by atoms with van der Waals surface area (Å²) in [6.07, 6.45) is 10.7. The number of hydrogen-bond acceptors (Lipinski definition) is 2. The molecule has 0 aliphatic heterocycles. The van der Waals surface area contributed by atoms with Gasteiger partial charge in [-0.15, -0.1) is 0 Å². The van der Waals surface area contributed by atoms with Crippen molar-refractivity contribution in [1.82, 2.24) is 0 Å². The highest BCUT2D eigenvalue weighted by atomic mass is 16.4. The number of carboxylic acid groups (broad SMARTS) is 1. The molecule has 14 heavy (non-hydrogen) atoms. The molecule has 1 atom stereocenters. The first-order chi connectivity index (χ1) is 6.66. The molecule has 0 heterocycles. The van der Waals surface area contributed by atoms with Gasteiger partial charge in [0.1, 0.15) is 0 Å². The number of carboxylic acids is 1. The molecule has 0 fully saturated rings. The Bertz CT molecular complexity index is 209. The lowest BCUT2D eigenvalue weighted by Crippen LogP contribution is -2.22. The molecule has 0 amide bonds. The maximum absolute atomic E-state index is 10.3. The summed E-state index contributed by atoms with van der Waals surface area (Å²) in [7, 11) is 0. The van der Waals surface area contributed by atoms with Crippen LogP contribution in [0.5, 0.6) is 0 Å². The molecule has 3 nitrogen and oxygen atoms in total. The second kappa shape index (κ2) is 8.51. The molecule has 3 heteroatoms. The van der Waals surface area contributed by atoms with E-state index in [-0.39, 0.29) is 12.5 Å². The predicted molar refractivity (Wildman–Crippen MR) is 58.0 cm³/mol. The van der Waals surface area contributed by atoms with Crippen LogP contribution < -0.4 is 5.73 Å². The lowest BCUT2D eigenvalue weighted by atomic mass is 10.1. The van der Waals surface area contributed by atoms with Crippen molar-refractivity contribution >= 4 is 5.97 Å². The third-order valence-electron chi connectivity index (χ3n) is 1.71. The molecule has 80 valence electrons. The molecule has 0 rings (SSSR count). The van der Waals surface area contributed by atoms with Gasteiger partial charge in [-0.05, 0) is 12.8 Å². The third-order valence-corrected chi connectivity index (χ3v) is 1.71. The molecule has 0 bridgehead atoms. The van der Waals surface area contributed by atoms with Crippen molar-refractivity contribution in [2.75, 3.05) is 0 Å². The summed E-state index contributed by atoms with van der Waals surface area (Å²) in [4.78, 5) is 10.3. The van der Waals surface area contributed by atoms with Gasteiger partial charge in [-0.3, -0.25) is 4.79 Å². The number of nitrogens with two attached hydrogens (primary N) is 1. The fourth-order valence-electron chi connectivity index (χ4n) is 0.981. The van der Waals surface area contributed by atoms with Gasteiger partial charge in [0.05, 0.1) is 6.42 Å². The summed E-state index contributed by atoms with van der Waals surface area (Å²) in [5.74, 6) is -0.840. The Kier molecular flexibility index (Phi) is 7.84. The zero-order chi connectivity index (χ0) is 10.8. The van der Waals surface area contributed by atoms with Crippen LogP contribution in [0.2, 0.25) is 0 Å². The minimum absolute atomic E-state index is 0.0308. The average Bonchev–Trinajstić information content (AvgIpc) is 2.10. The molecule has 0 aliphatic rings. The molecule has 0 aromatic rings. The van der Waals surface area contributed by atoms with E-state index in [2.05, 4.69) is 13.0 Å². The second-order valence-electron chi connectivity index (χ2n) is 3.24. The minimum atomic E-state index is -0.840. The maximum atomic E-state index is 10.3. The van der Waals surface area contributed by atoms with Crippen molar-refractivity contribution in [1.29, 1.82) is 0 Å². The first-order valence-corrected chi connectivity index (χ1v) is 4.95. The predicted octanol–water partition coefficient (Wildman–Crippen LogP) is 2.09. The van der Waals surface area contributed by atoms with E-state index in [0.29, 0.717) is 6.42 Å². The standard InChI is InChI=1S/C11H19NO2/c1-2-3-4-5-6-7-8-10(12)9-11(13)14/h4-7,10H,2-3,8-9,12H2,1H3,(H,13,14)/b5-4+,7-6+/t10-/m1/s1. The Balaban J connectivity index is 3.55. The molecular weight excluding hydrogens is 178 g/mol. The van der Waals surface area contributed by atoms with Gasteiger partial charge in [0.25, 0.3) is 0 Å². The third kappa shape index (κ3) is 9.00. The number of aliphatic carboxylic acids is 1. The Morgan fingerprint density at radius 1 is 1.43 bits per heavy atom. The summed E-state index contributed by atoms with van der Waals surface area (Å²) in [6, 6.07) is -0.275. The zero-order valence-corrected chi connectivity index (χ0v) is 8.65. The smallest absolute Gasteiger partial charge is 0.304 e. The summed E-state index contributed by atoms with van der Waals surface area (Å²) in [5.41, 5.74) is 5.56. The van der Waals surface area contributed by atoms with Crippen LogP contribution in [-0.2, 0) is 4.79 Å². The number of hydrogen-bond donors (Lipinski definition) is 2. The van der Waals surface area contributed by atoms with Crippen molar-refractivity contribution in [3.63, 3.8) is 0 Å². The van der Waals surface area contributed by atoms with E-state index in [1.165, 1.54) is 0 Å². The van der Waals surface area contributed by atoms with Gasteiger partial charge in [-0.1, -0.05) is 37.6 Å². The van der Waals surface area contributed by atoms with Gasteiger partial charge in [0, 0.05) is 6.04 Å².